The number of hydrogen-bond donors (Lipinski definition) is 2. The number of aromatic nitrogens is 2. The Bertz CT molecular complexity index is 1010. The zero-order valence-electron chi connectivity index (χ0n) is 16.9. The molecule has 0 bridgehead atoms. The number of nitrogens with one attached hydrogen (secondary N) is 2. The van der Waals surface area contributed by atoms with E-state index in [0.29, 0.717) is 16.3 Å². The van der Waals surface area contributed by atoms with Crippen LogP contribution < -0.4 is 15.5 Å². The molecule has 1 aliphatic rings. The number of nitrogens with zero attached hydrogens (tertiary/aromatic N) is 3. The fourth-order valence-electron chi connectivity index (χ4n) is 3.44. The highest BCUT2D eigenvalue weighted by molar-refractivity contribution is 6.30. The quantitative estimate of drug-likeness (QED) is 0.575. The molecule has 0 radical (unpaired) electrons. The first-order valence-corrected chi connectivity index (χ1v) is 10.5. The highest BCUT2D eigenvalue weighted by atomic mass is 35.5. The van der Waals surface area contributed by atoms with E-state index in [4.69, 9.17) is 16.6 Å². The molecule has 7 heteroatoms. The smallest absolute Gasteiger partial charge is 0.255 e. The van der Waals surface area contributed by atoms with Gasteiger partial charge in [0.15, 0.2) is 0 Å². The van der Waals surface area contributed by atoms with E-state index >= 15 is 0 Å². The molecule has 1 aromatic heterocycles. The van der Waals surface area contributed by atoms with Crippen LogP contribution in [-0.2, 0) is 0 Å². The number of carbonyl (C=O) groups is 1. The van der Waals surface area contributed by atoms with E-state index in [1.54, 1.807) is 24.3 Å². The molecule has 30 heavy (non-hydrogen) atoms. The molecule has 3 aromatic rings. The minimum atomic E-state index is -0.176. The zero-order chi connectivity index (χ0) is 20.9. The number of halogens is 1. The van der Waals surface area contributed by atoms with Gasteiger partial charge in [-0.05, 0) is 74.7 Å². The maximum absolute atomic E-state index is 12.3. The fraction of sp³-hybridized carbons (Fsp3) is 0.261. The lowest BCUT2D eigenvalue weighted by molar-refractivity contribution is 0.102. The summed E-state index contributed by atoms with van der Waals surface area (Å²) in [5.74, 6) is 1.37. The predicted molar refractivity (Wildman–Crippen MR) is 122 cm³/mol. The van der Waals surface area contributed by atoms with Gasteiger partial charge in [-0.3, -0.25) is 4.79 Å². The maximum atomic E-state index is 12.3. The van der Waals surface area contributed by atoms with Crippen LogP contribution in [0, 0.1) is 6.92 Å². The second-order valence-corrected chi connectivity index (χ2v) is 7.84. The van der Waals surface area contributed by atoms with Crippen LogP contribution in [0.25, 0.3) is 0 Å². The Morgan fingerprint density at radius 2 is 1.60 bits per heavy atom. The van der Waals surface area contributed by atoms with Gasteiger partial charge in [0.05, 0.1) is 0 Å². The highest BCUT2D eigenvalue weighted by Gasteiger charge is 2.15. The van der Waals surface area contributed by atoms with Gasteiger partial charge in [-0.25, -0.2) is 4.98 Å². The number of hydrogen-bond acceptors (Lipinski definition) is 5. The number of anilines is 4. The van der Waals surface area contributed by atoms with Gasteiger partial charge in [-0.2, -0.15) is 4.98 Å². The van der Waals surface area contributed by atoms with Crippen molar-refractivity contribution >= 4 is 40.6 Å². The summed E-state index contributed by atoms with van der Waals surface area (Å²) in [6.07, 6.45) is 3.64. The molecular weight excluding hydrogens is 398 g/mol. The van der Waals surface area contributed by atoms with Gasteiger partial charge in [0, 0.05) is 46.8 Å². The van der Waals surface area contributed by atoms with E-state index in [1.165, 1.54) is 19.3 Å². The summed E-state index contributed by atoms with van der Waals surface area (Å²) in [6, 6.07) is 16.3. The third-order valence-electron chi connectivity index (χ3n) is 5.00. The summed E-state index contributed by atoms with van der Waals surface area (Å²) >= 11 is 5.87. The van der Waals surface area contributed by atoms with Crippen molar-refractivity contribution in [2.24, 2.45) is 0 Å². The first kappa shape index (κ1) is 20.2. The molecule has 0 saturated carbocycles. The van der Waals surface area contributed by atoms with Crippen LogP contribution in [0.3, 0.4) is 0 Å². The topological polar surface area (TPSA) is 70.2 Å². The van der Waals surface area contributed by atoms with Crippen molar-refractivity contribution in [3.8, 4) is 0 Å². The molecule has 2 N–H and O–H groups in total. The highest BCUT2D eigenvalue weighted by Crippen LogP contribution is 2.22. The van der Waals surface area contributed by atoms with Gasteiger partial charge >= 0.3 is 0 Å². The molecule has 2 heterocycles. The van der Waals surface area contributed by atoms with Gasteiger partial charge < -0.3 is 15.5 Å². The summed E-state index contributed by atoms with van der Waals surface area (Å²) < 4.78 is 0. The van der Waals surface area contributed by atoms with E-state index < -0.39 is 0 Å². The van der Waals surface area contributed by atoms with Crippen molar-refractivity contribution in [3.05, 3.63) is 70.9 Å². The predicted octanol–water partition coefficient (Wildman–Crippen LogP) is 5.42. The molecule has 2 aromatic carbocycles. The number of amides is 1. The average Bonchev–Trinajstić information content (AvgIpc) is 2.76. The lowest BCUT2D eigenvalue weighted by Crippen LogP contribution is -2.31. The molecule has 1 aliphatic heterocycles. The molecule has 6 nitrogen and oxygen atoms in total. The first-order valence-electron chi connectivity index (χ1n) is 10.1. The summed E-state index contributed by atoms with van der Waals surface area (Å²) in [6.45, 7) is 3.99. The van der Waals surface area contributed by atoms with Gasteiger partial charge in [0.1, 0.15) is 5.82 Å². The van der Waals surface area contributed by atoms with E-state index in [2.05, 4.69) is 20.5 Å². The first-order chi connectivity index (χ1) is 14.6. The molecule has 154 valence electrons. The molecule has 1 fully saturated rings. The molecule has 1 saturated heterocycles. The zero-order valence-corrected chi connectivity index (χ0v) is 17.6. The van der Waals surface area contributed by atoms with Crippen LogP contribution in [0.15, 0.2) is 54.6 Å². The standard InChI is InChI=1S/C23H24ClN5O/c1-16-15-21(28-23(25-16)29-13-3-2-4-14-29)26-19-9-11-20(12-10-19)27-22(30)17-5-7-18(24)8-6-17/h5-12,15H,2-4,13-14H2,1H3,(H,27,30)(H,25,26,28). The molecule has 0 atom stereocenters. The number of carbonyl (C=O) groups excluding carboxylic acids is 1. The third-order valence-corrected chi connectivity index (χ3v) is 5.25. The van der Waals surface area contributed by atoms with Crippen LogP contribution in [0.5, 0.6) is 0 Å². The molecular formula is C23H24ClN5O. The molecule has 1 amide bonds. The summed E-state index contributed by atoms with van der Waals surface area (Å²) in [7, 11) is 0. The SMILES string of the molecule is Cc1cc(Nc2ccc(NC(=O)c3ccc(Cl)cc3)cc2)nc(N2CCCCC2)n1. The normalized spacial score (nSPS) is 13.7. The van der Waals surface area contributed by atoms with Crippen LogP contribution in [0.4, 0.5) is 23.1 Å². The van der Waals surface area contributed by atoms with Crippen molar-refractivity contribution in [2.45, 2.75) is 26.2 Å². The summed E-state index contributed by atoms with van der Waals surface area (Å²) in [5, 5.41) is 6.83. The average molecular weight is 422 g/mol. The summed E-state index contributed by atoms with van der Waals surface area (Å²) in [5.41, 5.74) is 3.10. The van der Waals surface area contributed by atoms with Crippen molar-refractivity contribution in [1.29, 1.82) is 0 Å². The molecule has 0 spiro atoms. The van der Waals surface area contributed by atoms with E-state index in [0.717, 1.165) is 36.2 Å². The second kappa shape index (κ2) is 9.13. The Labute approximate surface area is 181 Å². The molecule has 4 rings (SSSR count). The number of benzene rings is 2. The Morgan fingerprint density at radius 1 is 0.933 bits per heavy atom. The van der Waals surface area contributed by atoms with E-state index in [-0.39, 0.29) is 5.91 Å². The maximum Gasteiger partial charge on any atom is 0.255 e. The van der Waals surface area contributed by atoms with Crippen LogP contribution in [0.1, 0.15) is 35.3 Å². The molecule has 0 unspecified atom stereocenters. The minimum Gasteiger partial charge on any atom is -0.341 e. The minimum absolute atomic E-state index is 0.176. The van der Waals surface area contributed by atoms with Gasteiger partial charge in [-0.1, -0.05) is 11.6 Å². The summed E-state index contributed by atoms with van der Waals surface area (Å²) in [4.78, 5) is 23.9. The Balaban J connectivity index is 1.42. The Kier molecular flexibility index (Phi) is 6.14. The van der Waals surface area contributed by atoms with Crippen molar-refractivity contribution in [3.63, 3.8) is 0 Å². The van der Waals surface area contributed by atoms with Crippen molar-refractivity contribution in [1.82, 2.24) is 9.97 Å². The monoisotopic (exact) mass is 421 g/mol. The lowest BCUT2D eigenvalue weighted by Gasteiger charge is -2.27. The van der Waals surface area contributed by atoms with Gasteiger partial charge in [-0.15, -0.1) is 0 Å². The number of aryl methyl sites for hydroxylation is 1. The third kappa shape index (κ3) is 5.07. The van der Waals surface area contributed by atoms with E-state index in [1.807, 2.05) is 37.3 Å². The Hall–Kier alpha value is -3.12. The van der Waals surface area contributed by atoms with Gasteiger partial charge in [0.2, 0.25) is 5.95 Å². The number of piperidine rings is 1. The number of rotatable bonds is 5. The largest absolute Gasteiger partial charge is 0.341 e. The van der Waals surface area contributed by atoms with E-state index in [9.17, 15) is 4.79 Å². The fourth-order valence-corrected chi connectivity index (χ4v) is 3.57. The van der Waals surface area contributed by atoms with Crippen LogP contribution in [-0.4, -0.2) is 29.0 Å². The molecule has 0 aliphatic carbocycles. The van der Waals surface area contributed by atoms with Crippen LogP contribution in [0.2, 0.25) is 5.02 Å². The van der Waals surface area contributed by atoms with Crippen LogP contribution >= 0.6 is 11.6 Å². The Morgan fingerprint density at radius 3 is 2.30 bits per heavy atom. The van der Waals surface area contributed by atoms with Crippen molar-refractivity contribution in [2.75, 3.05) is 28.6 Å². The van der Waals surface area contributed by atoms with Gasteiger partial charge in [0.25, 0.3) is 5.91 Å². The lowest BCUT2D eigenvalue weighted by atomic mass is 10.1. The van der Waals surface area contributed by atoms with Crippen molar-refractivity contribution < 1.29 is 4.79 Å². The second-order valence-electron chi connectivity index (χ2n) is 7.41.